The summed E-state index contributed by atoms with van der Waals surface area (Å²) in [7, 11) is 0. The fourth-order valence-corrected chi connectivity index (χ4v) is 2.88. The number of aliphatic hydroxyl groups excluding tert-OH is 2. The number of benzene rings is 1. The van der Waals surface area contributed by atoms with Gasteiger partial charge in [0, 0.05) is 17.8 Å². The first-order valence-electron chi connectivity index (χ1n) is 9.02. The first-order chi connectivity index (χ1) is 13.3. The molecule has 2 atom stereocenters. The molecule has 2 rings (SSSR count). The molecule has 4 N–H and O–H groups in total. The molecule has 1 heterocycles. The topological polar surface area (TPSA) is 121 Å². The molecule has 0 radical (unpaired) electrons. The van der Waals surface area contributed by atoms with E-state index in [1.165, 1.54) is 0 Å². The van der Waals surface area contributed by atoms with E-state index in [1.54, 1.807) is 20.8 Å². The van der Waals surface area contributed by atoms with E-state index in [4.69, 9.17) is 9.47 Å². The van der Waals surface area contributed by atoms with Crippen molar-refractivity contribution in [2.75, 3.05) is 13.2 Å². The molecule has 0 aliphatic rings. The van der Waals surface area contributed by atoms with Gasteiger partial charge < -0.3 is 30.0 Å². The number of H-pyrrole nitrogens is 1. The zero-order chi connectivity index (χ0) is 20.7. The average Bonchev–Trinajstić information content (AvgIpc) is 2.99. The Morgan fingerprint density at radius 3 is 2.46 bits per heavy atom. The van der Waals surface area contributed by atoms with Gasteiger partial charge in [-0.3, -0.25) is 0 Å². The SMILES string of the molecule is CCOC(=O)c1[nH]c(C)c(C(O)C(O)CNC(=O)OCc2ccccc2)c1C. The lowest BCUT2D eigenvalue weighted by molar-refractivity contribution is 0.0177. The number of hydrogen-bond donors (Lipinski definition) is 4. The number of esters is 1. The summed E-state index contributed by atoms with van der Waals surface area (Å²) in [5.41, 5.74) is 2.50. The highest BCUT2D eigenvalue weighted by molar-refractivity contribution is 5.89. The number of hydrogen-bond acceptors (Lipinski definition) is 6. The van der Waals surface area contributed by atoms with Crippen LogP contribution in [-0.4, -0.2) is 46.5 Å². The van der Waals surface area contributed by atoms with Crippen LogP contribution in [0.15, 0.2) is 30.3 Å². The van der Waals surface area contributed by atoms with Crippen molar-refractivity contribution in [1.82, 2.24) is 10.3 Å². The van der Waals surface area contributed by atoms with Crippen molar-refractivity contribution in [2.45, 2.75) is 39.6 Å². The van der Waals surface area contributed by atoms with Crippen molar-refractivity contribution in [2.24, 2.45) is 0 Å². The molecule has 152 valence electrons. The molecule has 2 unspecified atom stereocenters. The second-order valence-electron chi connectivity index (χ2n) is 6.34. The van der Waals surface area contributed by atoms with Gasteiger partial charge >= 0.3 is 12.1 Å². The maximum Gasteiger partial charge on any atom is 0.407 e. The van der Waals surface area contributed by atoms with Gasteiger partial charge in [-0.1, -0.05) is 30.3 Å². The lowest BCUT2D eigenvalue weighted by Crippen LogP contribution is -2.36. The molecule has 2 aromatic rings. The zero-order valence-electron chi connectivity index (χ0n) is 16.2. The van der Waals surface area contributed by atoms with Crippen LogP contribution in [0.25, 0.3) is 0 Å². The highest BCUT2D eigenvalue weighted by Crippen LogP contribution is 2.27. The second-order valence-corrected chi connectivity index (χ2v) is 6.34. The molecule has 0 saturated heterocycles. The van der Waals surface area contributed by atoms with Crippen LogP contribution in [-0.2, 0) is 16.1 Å². The Morgan fingerprint density at radius 2 is 1.82 bits per heavy atom. The molecule has 8 heteroatoms. The molecule has 1 aromatic carbocycles. The standard InChI is InChI=1S/C20H26N2O6/c1-4-27-19(25)17-12(2)16(13(3)22-17)18(24)15(23)10-21-20(26)28-11-14-8-6-5-7-9-14/h5-9,15,18,22-24H,4,10-11H2,1-3H3,(H,21,26). The number of carbonyl (C=O) groups is 2. The highest BCUT2D eigenvalue weighted by atomic mass is 16.5. The lowest BCUT2D eigenvalue weighted by atomic mass is 10.00. The van der Waals surface area contributed by atoms with Crippen LogP contribution in [0.5, 0.6) is 0 Å². The summed E-state index contributed by atoms with van der Waals surface area (Å²) in [4.78, 5) is 26.6. The molecule has 0 spiro atoms. The fourth-order valence-electron chi connectivity index (χ4n) is 2.88. The summed E-state index contributed by atoms with van der Waals surface area (Å²) in [6.07, 6.45) is -3.29. The monoisotopic (exact) mass is 390 g/mol. The van der Waals surface area contributed by atoms with Crippen LogP contribution in [0.2, 0.25) is 0 Å². The summed E-state index contributed by atoms with van der Waals surface area (Å²) >= 11 is 0. The van der Waals surface area contributed by atoms with Gasteiger partial charge in [-0.05, 0) is 31.9 Å². The quantitative estimate of drug-likeness (QED) is 0.513. The largest absolute Gasteiger partial charge is 0.461 e. The minimum Gasteiger partial charge on any atom is -0.461 e. The van der Waals surface area contributed by atoms with Crippen molar-refractivity contribution >= 4 is 12.1 Å². The Kier molecular flexibility index (Phi) is 7.60. The fraction of sp³-hybridized carbons (Fsp3) is 0.400. The summed E-state index contributed by atoms with van der Waals surface area (Å²) in [6, 6.07) is 9.18. The number of nitrogens with one attached hydrogen (secondary N) is 2. The molecule has 28 heavy (non-hydrogen) atoms. The van der Waals surface area contributed by atoms with Crippen LogP contribution in [0.3, 0.4) is 0 Å². The molecule has 8 nitrogen and oxygen atoms in total. The number of ether oxygens (including phenoxy) is 2. The number of amides is 1. The smallest absolute Gasteiger partial charge is 0.407 e. The Morgan fingerprint density at radius 1 is 1.14 bits per heavy atom. The first kappa shape index (κ1) is 21.5. The number of aromatic nitrogens is 1. The number of alkyl carbamates (subject to hydrolysis) is 1. The number of carbonyl (C=O) groups excluding carboxylic acids is 2. The molecule has 0 aliphatic carbocycles. The second kappa shape index (κ2) is 9.91. The third kappa shape index (κ3) is 5.34. The summed E-state index contributed by atoms with van der Waals surface area (Å²) in [5, 5.41) is 23.2. The van der Waals surface area contributed by atoms with Gasteiger partial charge in [0.2, 0.25) is 0 Å². The summed E-state index contributed by atoms with van der Waals surface area (Å²) < 4.78 is 10.0. The third-order valence-electron chi connectivity index (χ3n) is 4.30. The molecule has 0 fully saturated rings. The van der Waals surface area contributed by atoms with E-state index in [2.05, 4.69) is 10.3 Å². The minimum atomic E-state index is -1.30. The van der Waals surface area contributed by atoms with Crippen molar-refractivity contribution in [3.05, 3.63) is 58.4 Å². The van der Waals surface area contributed by atoms with E-state index in [9.17, 15) is 19.8 Å². The first-order valence-corrected chi connectivity index (χ1v) is 9.02. The van der Waals surface area contributed by atoms with Gasteiger partial charge in [0.25, 0.3) is 0 Å². The Bertz CT molecular complexity index is 803. The number of aryl methyl sites for hydroxylation is 1. The third-order valence-corrected chi connectivity index (χ3v) is 4.30. The van der Waals surface area contributed by atoms with Crippen LogP contribution in [0.1, 0.15) is 45.9 Å². The van der Waals surface area contributed by atoms with E-state index in [0.717, 1.165) is 5.56 Å². The summed E-state index contributed by atoms with van der Waals surface area (Å²) in [6.45, 7) is 5.15. The highest BCUT2D eigenvalue weighted by Gasteiger charge is 2.27. The van der Waals surface area contributed by atoms with E-state index < -0.39 is 24.3 Å². The van der Waals surface area contributed by atoms with Gasteiger partial charge in [-0.15, -0.1) is 0 Å². The predicted molar refractivity (Wildman–Crippen MR) is 102 cm³/mol. The number of rotatable bonds is 8. The van der Waals surface area contributed by atoms with E-state index in [0.29, 0.717) is 16.8 Å². The van der Waals surface area contributed by atoms with Crippen molar-refractivity contribution < 1.29 is 29.3 Å². The summed E-state index contributed by atoms with van der Waals surface area (Å²) in [5.74, 6) is -0.529. The molecule has 1 amide bonds. The van der Waals surface area contributed by atoms with Gasteiger partial charge in [-0.25, -0.2) is 9.59 Å². The lowest BCUT2D eigenvalue weighted by Gasteiger charge is -2.19. The van der Waals surface area contributed by atoms with E-state index in [-0.39, 0.29) is 25.5 Å². The molecule has 1 aromatic heterocycles. The Labute approximate surface area is 163 Å². The minimum absolute atomic E-state index is 0.101. The zero-order valence-corrected chi connectivity index (χ0v) is 16.2. The van der Waals surface area contributed by atoms with Crippen LogP contribution >= 0.6 is 0 Å². The van der Waals surface area contributed by atoms with Crippen molar-refractivity contribution in [1.29, 1.82) is 0 Å². The van der Waals surface area contributed by atoms with E-state index >= 15 is 0 Å². The van der Waals surface area contributed by atoms with Crippen LogP contribution in [0, 0.1) is 13.8 Å². The van der Waals surface area contributed by atoms with Gasteiger partial charge in [0.05, 0.1) is 6.61 Å². The Hall–Kier alpha value is -2.84. The molecule has 0 bridgehead atoms. The predicted octanol–water partition coefficient (Wildman–Crippen LogP) is 2.13. The van der Waals surface area contributed by atoms with Crippen LogP contribution < -0.4 is 5.32 Å². The van der Waals surface area contributed by atoms with Gasteiger partial charge in [-0.2, -0.15) is 0 Å². The van der Waals surface area contributed by atoms with Crippen molar-refractivity contribution in [3.63, 3.8) is 0 Å². The number of aliphatic hydroxyl groups is 2. The molecular formula is C20H26N2O6. The molecule has 0 saturated carbocycles. The molecular weight excluding hydrogens is 364 g/mol. The van der Waals surface area contributed by atoms with E-state index in [1.807, 2.05) is 30.3 Å². The van der Waals surface area contributed by atoms with Crippen molar-refractivity contribution in [3.8, 4) is 0 Å². The maximum atomic E-state index is 12.0. The average molecular weight is 390 g/mol. The van der Waals surface area contributed by atoms with Crippen LogP contribution in [0.4, 0.5) is 4.79 Å². The van der Waals surface area contributed by atoms with Gasteiger partial charge in [0.1, 0.15) is 24.5 Å². The Balaban J connectivity index is 1.92. The molecule has 0 aliphatic heterocycles. The van der Waals surface area contributed by atoms with Gasteiger partial charge in [0.15, 0.2) is 0 Å². The number of aromatic amines is 1. The normalized spacial score (nSPS) is 12.9. The maximum absolute atomic E-state index is 12.0.